The number of thiophene rings is 1. The lowest BCUT2D eigenvalue weighted by atomic mass is 10.00. The molecule has 0 saturated carbocycles. The average Bonchev–Trinajstić information content (AvgIpc) is 3.08. The minimum atomic E-state index is -2.27. The maximum Gasteiger partial charge on any atom is 0.188 e. The summed E-state index contributed by atoms with van der Waals surface area (Å²) in [6.45, 7) is 8.66. The SMILES string of the molecule is CC(C)(CCC(OCc1ccccc1)C(O)c1cccs1)[Si](C)(C)O. The molecule has 0 saturated heterocycles. The number of hydrogen-bond donors (Lipinski definition) is 2. The molecule has 138 valence electrons. The summed E-state index contributed by atoms with van der Waals surface area (Å²) in [5, 5.41) is 12.6. The second-order valence-corrected chi connectivity index (χ2v) is 13.2. The highest BCUT2D eigenvalue weighted by atomic mass is 32.1. The van der Waals surface area contributed by atoms with Gasteiger partial charge in [-0.05, 0) is 48.0 Å². The molecule has 25 heavy (non-hydrogen) atoms. The standard InChI is InChI=1S/C20H30O3SSi/c1-20(2,25(3,4)22)13-12-17(19(21)18-11-8-14-24-18)23-15-16-9-6-5-7-10-16/h5-11,14,17,19,21-22H,12-13,15H2,1-4H3. The Morgan fingerprint density at radius 1 is 1.12 bits per heavy atom. The maximum absolute atomic E-state index is 10.8. The van der Waals surface area contributed by atoms with Gasteiger partial charge in [0.15, 0.2) is 8.32 Å². The van der Waals surface area contributed by atoms with E-state index in [1.54, 1.807) is 11.3 Å². The molecular formula is C20H30O3SSi. The second kappa shape index (κ2) is 8.60. The Balaban J connectivity index is 2.06. The summed E-state index contributed by atoms with van der Waals surface area (Å²) in [5.41, 5.74) is 1.10. The van der Waals surface area contributed by atoms with Gasteiger partial charge >= 0.3 is 0 Å². The van der Waals surface area contributed by atoms with Crippen LogP contribution in [-0.2, 0) is 11.3 Å². The molecule has 1 aromatic heterocycles. The molecule has 0 aliphatic rings. The lowest BCUT2D eigenvalue weighted by Gasteiger charge is -2.36. The first-order valence-corrected chi connectivity index (χ1v) is 12.6. The minimum Gasteiger partial charge on any atom is -0.432 e. The van der Waals surface area contributed by atoms with E-state index >= 15 is 0 Å². The van der Waals surface area contributed by atoms with Crippen molar-refractivity contribution in [1.29, 1.82) is 0 Å². The van der Waals surface area contributed by atoms with Crippen molar-refractivity contribution in [3.05, 3.63) is 58.3 Å². The number of rotatable bonds is 9. The molecule has 1 heterocycles. The van der Waals surface area contributed by atoms with Gasteiger partial charge in [0.05, 0.1) is 12.7 Å². The molecule has 0 aliphatic heterocycles. The van der Waals surface area contributed by atoms with Crippen LogP contribution in [0.25, 0.3) is 0 Å². The number of benzene rings is 1. The largest absolute Gasteiger partial charge is 0.432 e. The van der Waals surface area contributed by atoms with E-state index in [1.807, 2.05) is 60.9 Å². The Hall–Kier alpha value is -0.983. The molecule has 5 heteroatoms. The van der Waals surface area contributed by atoms with Gasteiger partial charge < -0.3 is 14.6 Å². The first-order chi connectivity index (χ1) is 11.7. The van der Waals surface area contributed by atoms with Crippen LogP contribution in [0.1, 0.15) is 43.2 Å². The third-order valence-corrected chi connectivity index (χ3v) is 9.71. The zero-order chi connectivity index (χ0) is 18.5. The third kappa shape index (κ3) is 5.76. The predicted molar refractivity (Wildman–Crippen MR) is 107 cm³/mol. The first-order valence-electron chi connectivity index (χ1n) is 8.80. The molecular weight excluding hydrogens is 348 g/mol. The highest BCUT2D eigenvalue weighted by Gasteiger charge is 2.38. The fraction of sp³-hybridized carbons (Fsp3) is 0.500. The molecule has 1 aromatic carbocycles. The Morgan fingerprint density at radius 3 is 2.36 bits per heavy atom. The van der Waals surface area contributed by atoms with Crippen molar-refractivity contribution in [3.63, 3.8) is 0 Å². The predicted octanol–water partition coefficient (Wildman–Crippen LogP) is 5.12. The molecule has 2 N–H and O–H groups in total. The van der Waals surface area contributed by atoms with Crippen molar-refractivity contribution in [3.8, 4) is 0 Å². The van der Waals surface area contributed by atoms with Crippen LogP contribution in [0.4, 0.5) is 0 Å². The maximum atomic E-state index is 10.8. The normalized spacial score (nSPS) is 15.1. The Bertz CT molecular complexity index is 620. The van der Waals surface area contributed by atoms with Gasteiger partial charge in [-0.15, -0.1) is 11.3 Å². The average molecular weight is 379 g/mol. The Labute approximate surface area is 156 Å². The van der Waals surface area contributed by atoms with Crippen molar-refractivity contribution in [2.45, 2.75) is 63.6 Å². The summed E-state index contributed by atoms with van der Waals surface area (Å²) in [6.07, 6.45) is 0.623. The topological polar surface area (TPSA) is 49.7 Å². The lowest BCUT2D eigenvalue weighted by Crippen LogP contribution is -2.39. The van der Waals surface area contributed by atoms with Gasteiger partial charge in [0.1, 0.15) is 6.10 Å². The lowest BCUT2D eigenvalue weighted by molar-refractivity contribution is -0.0521. The Morgan fingerprint density at radius 2 is 1.80 bits per heavy atom. The summed E-state index contributed by atoms with van der Waals surface area (Å²) in [5.74, 6) is 0. The highest BCUT2D eigenvalue weighted by Crippen LogP contribution is 2.41. The molecule has 2 aromatic rings. The van der Waals surface area contributed by atoms with E-state index in [0.29, 0.717) is 6.61 Å². The van der Waals surface area contributed by atoms with Crippen molar-refractivity contribution in [1.82, 2.24) is 0 Å². The van der Waals surface area contributed by atoms with Crippen LogP contribution >= 0.6 is 11.3 Å². The molecule has 2 rings (SSSR count). The molecule has 0 fully saturated rings. The molecule has 0 bridgehead atoms. The van der Waals surface area contributed by atoms with E-state index in [0.717, 1.165) is 23.3 Å². The number of aliphatic hydroxyl groups is 1. The molecule has 0 amide bonds. The molecule has 2 unspecified atom stereocenters. The van der Waals surface area contributed by atoms with Crippen LogP contribution in [0.5, 0.6) is 0 Å². The van der Waals surface area contributed by atoms with Crippen molar-refractivity contribution >= 4 is 19.7 Å². The van der Waals surface area contributed by atoms with Gasteiger partial charge in [-0.25, -0.2) is 0 Å². The molecule has 2 atom stereocenters. The molecule has 0 spiro atoms. The van der Waals surface area contributed by atoms with Crippen LogP contribution in [0.3, 0.4) is 0 Å². The smallest absolute Gasteiger partial charge is 0.188 e. The van der Waals surface area contributed by atoms with E-state index in [9.17, 15) is 9.90 Å². The monoisotopic (exact) mass is 378 g/mol. The zero-order valence-corrected chi connectivity index (χ0v) is 17.4. The van der Waals surface area contributed by atoms with E-state index in [4.69, 9.17) is 4.74 Å². The van der Waals surface area contributed by atoms with E-state index in [1.165, 1.54) is 0 Å². The fourth-order valence-electron chi connectivity index (χ4n) is 2.56. The van der Waals surface area contributed by atoms with E-state index in [2.05, 4.69) is 13.8 Å². The van der Waals surface area contributed by atoms with Crippen LogP contribution in [0.2, 0.25) is 18.1 Å². The van der Waals surface area contributed by atoms with Crippen LogP contribution < -0.4 is 0 Å². The van der Waals surface area contributed by atoms with Crippen LogP contribution in [0, 0.1) is 0 Å². The van der Waals surface area contributed by atoms with Crippen molar-refractivity contribution in [2.24, 2.45) is 0 Å². The summed E-state index contributed by atoms with van der Waals surface area (Å²) >= 11 is 1.55. The van der Waals surface area contributed by atoms with Gasteiger partial charge in [-0.1, -0.05) is 50.2 Å². The highest BCUT2D eigenvalue weighted by molar-refractivity contribution is 7.10. The quantitative estimate of drug-likeness (QED) is 0.595. The molecule has 0 aliphatic carbocycles. The van der Waals surface area contributed by atoms with Gasteiger partial charge in [-0.3, -0.25) is 0 Å². The first kappa shape index (κ1) is 20.3. The van der Waals surface area contributed by atoms with Crippen LogP contribution in [-0.4, -0.2) is 24.3 Å². The molecule has 3 nitrogen and oxygen atoms in total. The number of aliphatic hydroxyl groups excluding tert-OH is 1. The van der Waals surface area contributed by atoms with Crippen molar-refractivity contribution in [2.75, 3.05) is 0 Å². The van der Waals surface area contributed by atoms with Gasteiger partial charge in [0.2, 0.25) is 0 Å². The van der Waals surface area contributed by atoms with E-state index < -0.39 is 14.4 Å². The van der Waals surface area contributed by atoms with Crippen LogP contribution in [0.15, 0.2) is 47.8 Å². The molecule has 0 radical (unpaired) electrons. The fourth-order valence-corrected chi connectivity index (χ4v) is 4.08. The van der Waals surface area contributed by atoms with Gasteiger partial charge in [0.25, 0.3) is 0 Å². The summed E-state index contributed by atoms with van der Waals surface area (Å²) < 4.78 is 6.11. The third-order valence-electron chi connectivity index (χ3n) is 5.20. The zero-order valence-electron chi connectivity index (χ0n) is 15.6. The second-order valence-electron chi connectivity index (χ2n) is 7.78. The van der Waals surface area contributed by atoms with Crippen molar-refractivity contribution < 1.29 is 14.6 Å². The minimum absolute atomic E-state index is 0.128. The number of hydrogen-bond acceptors (Lipinski definition) is 4. The summed E-state index contributed by atoms with van der Waals surface area (Å²) in [6, 6.07) is 13.9. The number of ether oxygens (including phenoxy) is 1. The Kier molecular flexibility index (Phi) is 6.99. The summed E-state index contributed by atoms with van der Waals surface area (Å²) in [7, 11) is -2.27. The van der Waals surface area contributed by atoms with Gasteiger partial charge in [-0.2, -0.15) is 0 Å². The van der Waals surface area contributed by atoms with E-state index in [-0.39, 0.29) is 11.1 Å². The summed E-state index contributed by atoms with van der Waals surface area (Å²) in [4.78, 5) is 11.5. The van der Waals surface area contributed by atoms with Gasteiger partial charge in [0, 0.05) is 4.88 Å².